The molecule has 0 radical (unpaired) electrons. The molecule has 1 atom stereocenters. The second kappa shape index (κ2) is 12.8. The van der Waals surface area contributed by atoms with E-state index in [2.05, 4.69) is 21.2 Å². The van der Waals surface area contributed by atoms with Crippen molar-refractivity contribution in [2.45, 2.75) is 31.3 Å². The average Bonchev–Trinajstić information content (AvgIpc) is 2.87. The summed E-state index contributed by atoms with van der Waals surface area (Å²) in [6.45, 7) is 3.31. The fraction of sp³-hybridized carbons (Fsp3) is 0.231. The van der Waals surface area contributed by atoms with E-state index in [1.54, 1.807) is 32.0 Å². The normalized spacial score (nSPS) is 12.0. The van der Waals surface area contributed by atoms with Crippen molar-refractivity contribution in [3.05, 3.63) is 92.9 Å². The maximum Gasteiger partial charge on any atom is 0.264 e. The highest BCUT2D eigenvalue weighted by Gasteiger charge is 2.32. The summed E-state index contributed by atoms with van der Waals surface area (Å²) in [5.41, 5.74) is 0.936. The number of benzene rings is 3. The van der Waals surface area contributed by atoms with Crippen LogP contribution in [0.15, 0.2) is 82.2 Å². The van der Waals surface area contributed by atoms with Gasteiger partial charge in [0.25, 0.3) is 10.0 Å². The van der Waals surface area contributed by atoms with Crippen molar-refractivity contribution < 1.29 is 18.0 Å². The molecule has 0 saturated heterocycles. The molecule has 0 aliphatic heterocycles. The minimum Gasteiger partial charge on any atom is -0.355 e. The topological polar surface area (TPSA) is 86.8 Å². The first-order chi connectivity index (χ1) is 17.5. The molecule has 0 unspecified atom stereocenters. The summed E-state index contributed by atoms with van der Waals surface area (Å²) in [5, 5.41) is 3.11. The Bertz CT molecular complexity index is 1370. The first kappa shape index (κ1) is 29.0. The summed E-state index contributed by atoms with van der Waals surface area (Å²) in [6, 6.07) is 18.6. The predicted molar refractivity (Wildman–Crippen MR) is 150 cm³/mol. The van der Waals surface area contributed by atoms with E-state index in [1.165, 1.54) is 35.2 Å². The Labute approximate surface area is 235 Å². The zero-order valence-corrected chi connectivity index (χ0v) is 24.1. The molecule has 0 aliphatic carbocycles. The number of anilines is 1. The van der Waals surface area contributed by atoms with Gasteiger partial charge in [-0.25, -0.2) is 8.42 Å². The van der Waals surface area contributed by atoms with Crippen LogP contribution in [0.5, 0.6) is 0 Å². The number of sulfonamides is 1. The zero-order valence-electron chi connectivity index (χ0n) is 20.2. The second-order valence-electron chi connectivity index (χ2n) is 8.15. The lowest BCUT2D eigenvalue weighted by Gasteiger charge is -2.32. The van der Waals surface area contributed by atoms with E-state index in [0.717, 1.165) is 14.3 Å². The number of hydrogen-bond acceptors (Lipinski definition) is 4. The summed E-state index contributed by atoms with van der Waals surface area (Å²) >= 11 is 15.7. The highest BCUT2D eigenvalue weighted by atomic mass is 79.9. The third-order valence-electron chi connectivity index (χ3n) is 5.56. The van der Waals surface area contributed by atoms with Gasteiger partial charge in [-0.1, -0.05) is 69.5 Å². The van der Waals surface area contributed by atoms with Gasteiger partial charge < -0.3 is 10.2 Å². The second-order valence-corrected chi connectivity index (χ2v) is 11.7. The zero-order chi connectivity index (χ0) is 27.2. The summed E-state index contributed by atoms with van der Waals surface area (Å²) in [4.78, 5) is 27.9. The Morgan fingerprint density at radius 1 is 0.973 bits per heavy atom. The summed E-state index contributed by atoms with van der Waals surface area (Å²) in [7, 11) is -4.17. The van der Waals surface area contributed by atoms with Gasteiger partial charge in [0.15, 0.2) is 0 Å². The Morgan fingerprint density at radius 3 is 2.30 bits per heavy atom. The van der Waals surface area contributed by atoms with Gasteiger partial charge in [0.1, 0.15) is 12.6 Å². The summed E-state index contributed by atoms with van der Waals surface area (Å²) < 4.78 is 29.2. The van der Waals surface area contributed by atoms with Crippen LogP contribution in [-0.4, -0.2) is 44.3 Å². The molecule has 0 aromatic heterocycles. The van der Waals surface area contributed by atoms with Gasteiger partial charge >= 0.3 is 0 Å². The van der Waals surface area contributed by atoms with E-state index in [0.29, 0.717) is 6.54 Å². The van der Waals surface area contributed by atoms with Crippen LogP contribution < -0.4 is 9.62 Å². The van der Waals surface area contributed by atoms with Gasteiger partial charge in [-0.05, 0) is 61.9 Å². The maximum absolute atomic E-state index is 13.8. The van der Waals surface area contributed by atoms with Crippen molar-refractivity contribution in [2.24, 2.45) is 0 Å². The van der Waals surface area contributed by atoms with Gasteiger partial charge in [0.05, 0.1) is 20.6 Å². The van der Waals surface area contributed by atoms with Crippen LogP contribution in [0.3, 0.4) is 0 Å². The minimum atomic E-state index is -4.17. The molecular formula is C26H26BrCl2N3O4S. The van der Waals surface area contributed by atoms with Crippen LogP contribution in [0.1, 0.15) is 19.4 Å². The molecule has 0 bridgehead atoms. The first-order valence-electron chi connectivity index (χ1n) is 11.4. The van der Waals surface area contributed by atoms with E-state index in [1.807, 2.05) is 24.3 Å². The van der Waals surface area contributed by atoms with Crippen molar-refractivity contribution in [1.29, 1.82) is 0 Å². The molecule has 37 heavy (non-hydrogen) atoms. The molecule has 11 heteroatoms. The molecule has 0 saturated carbocycles. The quantitative estimate of drug-likeness (QED) is 0.322. The third kappa shape index (κ3) is 7.25. The van der Waals surface area contributed by atoms with Gasteiger partial charge in [-0.2, -0.15) is 0 Å². The van der Waals surface area contributed by atoms with Crippen LogP contribution in [0, 0.1) is 0 Å². The lowest BCUT2D eigenvalue weighted by Crippen LogP contribution is -2.51. The SMILES string of the molecule is CCNC(=O)[C@H](C)N(Cc1cccc(Br)c1)C(=O)CN(c1ccc(Cl)c(Cl)c1)S(=O)(=O)c1ccccc1. The number of carbonyl (C=O) groups is 2. The number of hydrogen-bond donors (Lipinski definition) is 1. The molecule has 0 spiro atoms. The summed E-state index contributed by atoms with van der Waals surface area (Å²) in [6.07, 6.45) is 0. The third-order valence-corrected chi connectivity index (χ3v) is 8.58. The highest BCUT2D eigenvalue weighted by Crippen LogP contribution is 2.31. The van der Waals surface area contributed by atoms with Crippen molar-refractivity contribution in [3.63, 3.8) is 0 Å². The van der Waals surface area contributed by atoms with E-state index in [-0.39, 0.29) is 33.1 Å². The number of halogens is 3. The molecule has 1 N–H and O–H groups in total. The Morgan fingerprint density at radius 2 is 1.68 bits per heavy atom. The van der Waals surface area contributed by atoms with E-state index in [9.17, 15) is 18.0 Å². The van der Waals surface area contributed by atoms with E-state index >= 15 is 0 Å². The van der Waals surface area contributed by atoms with Gasteiger partial charge in [0, 0.05) is 17.6 Å². The van der Waals surface area contributed by atoms with Crippen LogP contribution in [0.25, 0.3) is 0 Å². The smallest absolute Gasteiger partial charge is 0.264 e. The molecule has 0 fully saturated rings. The van der Waals surface area contributed by atoms with Crippen molar-refractivity contribution >= 4 is 66.7 Å². The van der Waals surface area contributed by atoms with Crippen molar-refractivity contribution in [1.82, 2.24) is 10.2 Å². The predicted octanol–water partition coefficient (Wildman–Crippen LogP) is 5.50. The largest absolute Gasteiger partial charge is 0.355 e. The lowest BCUT2D eigenvalue weighted by atomic mass is 10.1. The van der Waals surface area contributed by atoms with Gasteiger partial charge in [-0.3, -0.25) is 13.9 Å². The summed E-state index contributed by atoms with van der Waals surface area (Å²) in [5.74, 6) is -0.915. The molecule has 7 nitrogen and oxygen atoms in total. The monoisotopic (exact) mass is 625 g/mol. The van der Waals surface area contributed by atoms with Crippen molar-refractivity contribution in [3.8, 4) is 0 Å². The number of carbonyl (C=O) groups excluding carboxylic acids is 2. The van der Waals surface area contributed by atoms with Gasteiger partial charge in [-0.15, -0.1) is 0 Å². The molecule has 0 aliphatic rings. The molecule has 3 rings (SSSR count). The Kier molecular flexibility index (Phi) is 10.0. The Hall–Kier alpha value is -2.59. The average molecular weight is 627 g/mol. The van der Waals surface area contributed by atoms with Crippen LogP contribution in [0.2, 0.25) is 10.0 Å². The number of nitrogens with one attached hydrogen (secondary N) is 1. The molecule has 196 valence electrons. The van der Waals surface area contributed by atoms with Crippen molar-refractivity contribution in [2.75, 3.05) is 17.4 Å². The number of likely N-dealkylation sites (N-methyl/N-ethyl adjacent to an activating group) is 1. The van der Waals surface area contributed by atoms with E-state index < -0.39 is 28.5 Å². The molecule has 3 aromatic rings. The fourth-order valence-corrected chi connectivity index (χ4v) is 5.79. The molecular weight excluding hydrogens is 601 g/mol. The van der Waals surface area contributed by atoms with E-state index in [4.69, 9.17) is 23.2 Å². The first-order valence-corrected chi connectivity index (χ1v) is 14.4. The highest BCUT2D eigenvalue weighted by molar-refractivity contribution is 9.10. The van der Waals surface area contributed by atoms with Crippen LogP contribution in [0.4, 0.5) is 5.69 Å². The Balaban J connectivity index is 2.04. The number of nitrogens with zero attached hydrogens (tertiary/aromatic N) is 2. The van der Waals surface area contributed by atoms with Crippen LogP contribution >= 0.6 is 39.1 Å². The molecule has 2 amide bonds. The number of rotatable bonds is 10. The fourth-order valence-electron chi connectivity index (χ4n) is 3.63. The lowest BCUT2D eigenvalue weighted by molar-refractivity contribution is -0.139. The van der Waals surface area contributed by atoms with Crippen LogP contribution in [-0.2, 0) is 26.2 Å². The number of amides is 2. The van der Waals surface area contributed by atoms with Gasteiger partial charge in [0.2, 0.25) is 11.8 Å². The maximum atomic E-state index is 13.8. The standard InChI is InChI=1S/C26H26BrCl2N3O4S/c1-3-30-26(34)18(2)31(16-19-8-7-9-20(27)14-19)25(33)17-32(21-12-13-23(28)24(29)15-21)37(35,36)22-10-5-4-6-11-22/h4-15,18H,3,16-17H2,1-2H3,(H,30,34)/t18-/m0/s1. The minimum absolute atomic E-state index is 0.00388. The molecule has 3 aromatic carbocycles. The molecule has 0 heterocycles.